The highest BCUT2D eigenvalue weighted by Crippen LogP contribution is 2.37. The number of nitrogens with zero attached hydrogens (tertiary/aromatic N) is 5. The standard InChI is InChI=1S/C15H12N4O2.C9H8F5NO.C8H8N2O2.2ClH/c1-11-2-6-13(7-3-11)18-10-16-15(17-18)12-4-8-14(9-5-12)19(20)21;10-8(11,12)9(13,14)16-7-3-1-6(5-15)2-4-7;1-6(9)7-2-4-8(5-3-7)10(11)12;;/h2-10H,1H3;1-4H,5,15H2;2-5,9H,1H3;2*1H/i16+1,17+1,18+1;15+1;9+1;;. The molecule has 0 aliphatic heterocycles. The molecule has 4 aromatic carbocycles. The Morgan fingerprint density at radius 1 is 0.843 bits per heavy atom. The second-order valence-electron chi connectivity index (χ2n) is 10.1. The van der Waals surface area contributed by atoms with Crippen LogP contribution < -0.4 is 28.3 Å². The zero-order valence-electron chi connectivity index (χ0n) is 26.6. The van der Waals surface area contributed by atoms with E-state index in [1.807, 2.05) is 31.2 Å². The summed E-state index contributed by atoms with van der Waals surface area (Å²) in [5.41, 5.74) is 10.3. The zero-order valence-corrected chi connectivity index (χ0v) is 28.2. The quantitative estimate of drug-likeness (QED) is 0.0794. The Morgan fingerprint density at radius 2 is 1.33 bits per heavy atom. The molecule has 5 aromatic rings. The Balaban J connectivity index is 0.000000391. The van der Waals surface area contributed by atoms with Crippen LogP contribution in [0.4, 0.5) is 33.3 Å². The van der Waals surface area contributed by atoms with E-state index in [0.29, 0.717) is 17.1 Å². The van der Waals surface area contributed by atoms with Crippen molar-refractivity contribution in [3.8, 4) is 22.8 Å². The lowest BCUT2D eigenvalue weighted by atomic mass is 10.1. The molecule has 1 aromatic heterocycles. The lowest BCUT2D eigenvalue weighted by Gasteiger charge is -2.20. The normalized spacial score (nSPS) is 10.5. The predicted octanol–water partition coefficient (Wildman–Crippen LogP) is 3.42. The van der Waals surface area contributed by atoms with Crippen LogP contribution in [0.1, 0.15) is 23.6 Å². The molecule has 0 aliphatic carbocycles. The fraction of sp³-hybridized carbons (Fsp3) is 0.156. The van der Waals surface area contributed by atoms with E-state index in [1.165, 1.54) is 42.0 Å². The van der Waals surface area contributed by atoms with Crippen molar-refractivity contribution in [1.82, 2.24) is 14.8 Å². The largest absolute Gasteiger partial charge is 1.00 e. The van der Waals surface area contributed by atoms with E-state index in [4.69, 9.17) is 11.1 Å². The highest BCUT2D eigenvalue weighted by molar-refractivity contribution is 5.93. The van der Waals surface area contributed by atoms with Crippen molar-refractivity contribution in [3.05, 3.63) is 140 Å². The van der Waals surface area contributed by atoms with Gasteiger partial charge in [0.1, 0.15) is 12.1 Å². The van der Waals surface area contributed by atoms with Crippen LogP contribution in [0.15, 0.2) is 103 Å². The van der Waals surface area contributed by atoms with Gasteiger partial charge >= 0.3 is 12.3 Å². The van der Waals surface area contributed by atoms with E-state index in [9.17, 15) is 42.2 Å². The fourth-order valence-corrected chi connectivity index (χ4v) is 3.69. The first-order chi connectivity index (χ1) is 23.0. The number of nitro groups is 2. The van der Waals surface area contributed by atoms with Gasteiger partial charge in [-0.25, -0.2) is 9.67 Å². The summed E-state index contributed by atoms with van der Waals surface area (Å²) in [7, 11) is 0. The summed E-state index contributed by atoms with van der Waals surface area (Å²) in [4.78, 5) is 24.3. The number of ether oxygens (including phenoxy) is 1. The molecule has 272 valence electrons. The summed E-state index contributed by atoms with van der Waals surface area (Å²) >= 11 is 0. The average Bonchev–Trinajstić information content (AvgIpc) is 3.56. The summed E-state index contributed by atoms with van der Waals surface area (Å²) in [6.07, 6.45) is -9.31. The summed E-state index contributed by atoms with van der Waals surface area (Å²) in [6, 6.07) is 24.9. The van der Waals surface area contributed by atoms with Gasteiger partial charge in [0.2, 0.25) is 0 Å². The van der Waals surface area contributed by atoms with Gasteiger partial charge in [-0.2, -0.15) is 22.0 Å². The first kappa shape index (κ1) is 43.5. The lowest BCUT2D eigenvalue weighted by Crippen LogP contribution is -3.00. The molecule has 0 radical (unpaired) electrons. The molecule has 0 spiro atoms. The van der Waals surface area contributed by atoms with Crippen molar-refractivity contribution in [3.63, 3.8) is 0 Å². The molecule has 0 unspecified atom stereocenters. The number of aromatic nitrogens is 3. The van der Waals surface area contributed by atoms with Crippen LogP contribution in [0.25, 0.3) is 17.1 Å². The summed E-state index contributed by atoms with van der Waals surface area (Å²) in [6.45, 7) is 3.94. The van der Waals surface area contributed by atoms with Gasteiger partial charge in [0.05, 0.1) is 15.5 Å². The van der Waals surface area contributed by atoms with E-state index in [0.717, 1.165) is 28.9 Å². The fourth-order valence-electron chi connectivity index (χ4n) is 3.69. The molecule has 0 saturated heterocycles. The van der Waals surface area contributed by atoms with Crippen LogP contribution in [0.5, 0.6) is 5.75 Å². The molecule has 0 amide bonds. The third kappa shape index (κ3) is 12.7. The zero-order chi connectivity index (χ0) is 36.4. The van der Waals surface area contributed by atoms with Crippen molar-refractivity contribution in [2.75, 3.05) is 0 Å². The molecule has 1 heterocycles. The van der Waals surface area contributed by atoms with Crippen molar-refractivity contribution in [2.24, 2.45) is 5.73 Å². The number of benzene rings is 4. The number of halogens is 7. The number of rotatable bonds is 8. The van der Waals surface area contributed by atoms with E-state index in [2.05, 4.69) is 14.8 Å². The van der Waals surface area contributed by atoms with Crippen LogP contribution in [-0.2, 0) is 6.54 Å². The molecule has 0 aliphatic rings. The molecule has 5 rings (SSSR count). The van der Waals surface area contributed by atoms with E-state index < -0.39 is 27.9 Å². The highest BCUT2D eigenvalue weighted by atomic mass is 35.5. The van der Waals surface area contributed by atoms with Gasteiger partial charge < -0.3 is 22.9 Å². The van der Waals surface area contributed by atoms with Crippen molar-refractivity contribution in [1.29, 1.82) is 0 Å². The van der Waals surface area contributed by atoms with Crippen LogP contribution >= 0.6 is 12.4 Å². The minimum atomic E-state index is -5.74. The van der Waals surface area contributed by atoms with Crippen LogP contribution in [0, 0.1) is 27.2 Å². The smallest absolute Gasteiger partial charge is 0.499 e. The molecule has 12 nitrogen and oxygen atoms in total. The maximum atomic E-state index is 12.4. The number of hydrogen-bond acceptors (Lipinski definition) is 8. The Kier molecular flexibility index (Phi) is 16.2. The van der Waals surface area contributed by atoms with Gasteiger partial charge in [-0.15, -0.1) is 17.5 Å². The van der Waals surface area contributed by atoms with Gasteiger partial charge in [0, 0.05) is 48.9 Å². The maximum Gasteiger partial charge on any atom is 0.499 e. The molecular formula is C32H30Cl2F5N7O5. The molecule has 0 fully saturated rings. The minimum absolute atomic E-state index is 0. The molecule has 0 bridgehead atoms. The second-order valence-corrected chi connectivity index (χ2v) is 10.1. The molecule has 4 N–H and O–H groups in total. The minimum Gasteiger partial charge on any atom is -1.00 e. The van der Waals surface area contributed by atoms with E-state index >= 15 is 0 Å². The molecule has 0 atom stereocenters. The number of nitro benzene ring substituents is 2. The van der Waals surface area contributed by atoms with E-state index in [-0.39, 0.29) is 42.7 Å². The van der Waals surface area contributed by atoms with Crippen LogP contribution in [-0.4, -0.2) is 42.6 Å². The highest BCUT2D eigenvalue weighted by Gasteiger charge is 2.61. The van der Waals surface area contributed by atoms with Gasteiger partial charge in [-0.05, 0) is 61.0 Å². The summed E-state index contributed by atoms with van der Waals surface area (Å²) in [5.74, 6) is -0.0370. The van der Waals surface area contributed by atoms with Crippen LogP contribution in [0.2, 0.25) is 0 Å². The number of nitrogens with two attached hydrogens (primary N) is 2. The third-order valence-electron chi connectivity index (χ3n) is 6.40. The number of non-ortho nitro benzene ring substituents is 2. The predicted molar refractivity (Wildman–Crippen MR) is 176 cm³/mol. The van der Waals surface area contributed by atoms with Gasteiger partial charge in [0.15, 0.2) is 11.5 Å². The summed E-state index contributed by atoms with van der Waals surface area (Å²) < 4.78 is 65.4. The second kappa shape index (κ2) is 19.0. The molecule has 19 heteroatoms. The first-order valence-corrected chi connectivity index (χ1v) is 14.0. The maximum absolute atomic E-state index is 12.4. The number of hydrogen-bond donors (Lipinski definition) is 2. The van der Waals surface area contributed by atoms with Gasteiger partial charge in [0.25, 0.3) is 11.4 Å². The molecule has 51 heavy (non-hydrogen) atoms. The number of aryl methyl sites for hydroxylation is 1. The van der Waals surface area contributed by atoms with Gasteiger partial charge in [-0.1, -0.05) is 29.8 Å². The Labute approximate surface area is 299 Å². The number of alkyl halides is 5. The van der Waals surface area contributed by atoms with Gasteiger partial charge in [-0.3, -0.25) is 25.6 Å². The van der Waals surface area contributed by atoms with Crippen LogP contribution in [0.3, 0.4) is 0 Å². The van der Waals surface area contributed by atoms with Crippen molar-refractivity contribution >= 4 is 29.5 Å². The van der Waals surface area contributed by atoms with E-state index in [1.54, 1.807) is 42.2 Å². The van der Waals surface area contributed by atoms with Crippen molar-refractivity contribution < 1.29 is 54.4 Å². The SMILES string of the molecule is CC(=[15NH2+])c1ccc([N+](=O)[O-])cc1.Cc1ccc(-[15n]2c[15n]c(-c3ccc([N+](=O)[O-])cc3)[15n]2)cc1.Cl.[15NH2]Cc1ccc(OC(F)(F)C(F)(F)F)cc1.[Cl-]. The Bertz CT molecular complexity index is 1840. The summed E-state index contributed by atoms with van der Waals surface area (Å²) in [5, 5.41) is 30.8. The monoisotopic (exact) mass is 762 g/mol. The Morgan fingerprint density at radius 3 is 1.76 bits per heavy atom. The molecular weight excluding hydrogens is 733 g/mol. The first-order valence-electron chi connectivity index (χ1n) is 14.0. The lowest BCUT2D eigenvalue weighted by molar-refractivity contribution is -0.385. The average molecular weight is 763 g/mol. The topological polar surface area (TPSA) is 178 Å². The Hall–Kier alpha value is -5.52. The third-order valence-corrected chi connectivity index (χ3v) is 6.40. The van der Waals surface area contributed by atoms with Crippen molar-refractivity contribution in [2.45, 2.75) is 32.7 Å². The molecule has 0 saturated carbocycles.